The maximum atomic E-state index is 14.7. The Bertz CT molecular complexity index is 1270. The van der Waals surface area contributed by atoms with Crippen molar-refractivity contribution in [2.24, 2.45) is 0 Å². The zero-order valence-electron chi connectivity index (χ0n) is 19.1. The van der Waals surface area contributed by atoms with Gasteiger partial charge < -0.3 is 14.8 Å². The van der Waals surface area contributed by atoms with Crippen molar-refractivity contribution >= 4 is 41.8 Å². The molecular weight excluding hydrogens is 498 g/mol. The average molecular weight is 526 g/mol. The van der Waals surface area contributed by atoms with Gasteiger partial charge in [-0.2, -0.15) is 0 Å². The van der Waals surface area contributed by atoms with E-state index in [1.54, 1.807) is 34.9 Å². The largest absolute Gasteiger partial charge is 0.310 e. The second kappa shape index (κ2) is 11.6. The maximum absolute atomic E-state index is 14.7. The molecule has 4 nitrogen and oxygen atoms in total. The lowest BCUT2D eigenvalue weighted by Gasteiger charge is -2.34. The first-order valence-electron chi connectivity index (χ1n) is 11.4. The number of hydrogen-bond donors (Lipinski definition) is 1. The molecule has 2 aliphatic heterocycles. The van der Waals surface area contributed by atoms with Crippen molar-refractivity contribution in [2.45, 2.75) is 31.3 Å². The van der Waals surface area contributed by atoms with E-state index in [1.165, 1.54) is 12.1 Å². The molecule has 9 heteroatoms. The van der Waals surface area contributed by atoms with Crippen LogP contribution in [-0.2, 0) is 6.54 Å². The highest BCUT2D eigenvalue weighted by molar-refractivity contribution is 5.86. The molecule has 0 unspecified atom stereocenters. The molecule has 1 saturated heterocycles. The number of pyridine rings is 1. The second-order valence-electron chi connectivity index (χ2n) is 8.93. The van der Waals surface area contributed by atoms with Gasteiger partial charge in [0, 0.05) is 48.8 Å². The van der Waals surface area contributed by atoms with E-state index in [0.717, 1.165) is 55.5 Å². The summed E-state index contributed by atoms with van der Waals surface area (Å²) in [5.41, 5.74) is 1.57. The van der Waals surface area contributed by atoms with Gasteiger partial charge >= 0.3 is 0 Å². The van der Waals surface area contributed by atoms with E-state index in [0.29, 0.717) is 24.7 Å². The van der Waals surface area contributed by atoms with Crippen molar-refractivity contribution in [1.29, 1.82) is 0 Å². The van der Waals surface area contributed by atoms with Crippen molar-refractivity contribution < 1.29 is 13.2 Å². The van der Waals surface area contributed by atoms with Crippen LogP contribution in [0.3, 0.4) is 0 Å². The molecule has 1 N–H and O–H groups in total. The third-order valence-electron chi connectivity index (χ3n) is 6.79. The van der Waals surface area contributed by atoms with Gasteiger partial charge in [-0.3, -0.25) is 4.79 Å². The third-order valence-corrected chi connectivity index (χ3v) is 6.79. The predicted molar refractivity (Wildman–Crippen MR) is 138 cm³/mol. The van der Waals surface area contributed by atoms with Gasteiger partial charge in [0.15, 0.2) is 0 Å². The van der Waals surface area contributed by atoms with Gasteiger partial charge in [-0.15, -0.1) is 24.8 Å². The summed E-state index contributed by atoms with van der Waals surface area (Å²) in [4.78, 5) is 14.7. The van der Waals surface area contributed by atoms with E-state index in [1.807, 2.05) is 0 Å². The van der Waals surface area contributed by atoms with Crippen LogP contribution in [0.1, 0.15) is 29.9 Å². The highest BCUT2D eigenvalue weighted by Crippen LogP contribution is 2.35. The summed E-state index contributed by atoms with van der Waals surface area (Å²) in [5, 5.41) is 4.36. The fraction of sp³-hybridized carbons (Fsp3) is 0.346. The molecule has 2 aliphatic rings. The first-order valence-corrected chi connectivity index (χ1v) is 11.4. The Balaban J connectivity index is 0.00000171. The minimum atomic E-state index is -0.456. The zero-order valence-corrected chi connectivity index (χ0v) is 20.7. The van der Waals surface area contributed by atoms with Gasteiger partial charge in [-0.1, -0.05) is 12.2 Å². The summed E-state index contributed by atoms with van der Waals surface area (Å²) in [6.45, 7) is 3.60. The van der Waals surface area contributed by atoms with Gasteiger partial charge in [-0.05, 0) is 67.7 Å². The molecule has 0 radical (unpaired) electrons. The van der Waals surface area contributed by atoms with E-state index in [-0.39, 0.29) is 47.7 Å². The van der Waals surface area contributed by atoms with Gasteiger partial charge in [0.2, 0.25) is 0 Å². The first-order chi connectivity index (χ1) is 16.0. The summed E-state index contributed by atoms with van der Waals surface area (Å²) in [5.74, 6) is -1.16. The monoisotopic (exact) mass is 525 g/mol. The van der Waals surface area contributed by atoms with Crippen LogP contribution in [0.2, 0.25) is 0 Å². The molecular formula is C26H28Cl2F3N3O. The number of hydrogen-bond acceptors (Lipinski definition) is 3. The summed E-state index contributed by atoms with van der Waals surface area (Å²) < 4.78 is 43.3. The predicted octanol–water partition coefficient (Wildman–Crippen LogP) is 5.13. The van der Waals surface area contributed by atoms with E-state index in [4.69, 9.17) is 0 Å². The molecule has 188 valence electrons. The Morgan fingerprint density at radius 1 is 0.971 bits per heavy atom. The van der Waals surface area contributed by atoms with Crippen LogP contribution in [-0.4, -0.2) is 41.7 Å². The van der Waals surface area contributed by atoms with Crippen LogP contribution in [0.4, 0.5) is 13.2 Å². The second-order valence-corrected chi connectivity index (χ2v) is 8.93. The van der Waals surface area contributed by atoms with Gasteiger partial charge in [0.1, 0.15) is 17.5 Å². The van der Waals surface area contributed by atoms with Gasteiger partial charge in [-0.25, -0.2) is 13.2 Å². The van der Waals surface area contributed by atoms with Crippen LogP contribution in [0.5, 0.6) is 0 Å². The minimum Gasteiger partial charge on any atom is -0.310 e. The Morgan fingerprint density at radius 3 is 2.46 bits per heavy atom. The molecule has 0 aliphatic carbocycles. The van der Waals surface area contributed by atoms with Gasteiger partial charge in [0.25, 0.3) is 5.56 Å². The Hall–Kier alpha value is -2.32. The van der Waals surface area contributed by atoms with Crippen LogP contribution < -0.4 is 10.9 Å². The number of piperidine rings is 1. The third kappa shape index (κ3) is 5.75. The van der Waals surface area contributed by atoms with Crippen LogP contribution in [0.15, 0.2) is 53.3 Å². The van der Waals surface area contributed by atoms with Crippen molar-refractivity contribution in [2.75, 3.05) is 26.2 Å². The lowest BCUT2D eigenvalue weighted by Crippen LogP contribution is -2.44. The van der Waals surface area contributed by atoms with Crippen molar-refractivity contribution in [3.63, 3.8) is 0 Å². The molecule has 0 saturated carbocycles. The highest BCUT2D eigenvalue weighted by atomic mass is 35.5. The maximum Gasteiger partial charge on any atom is 0.251 e. The average Bonchev–Trinajstić information content (AvgIpc) is 3.20. The van der Waals surface area contributed by atoms with Crippen molar-refractivity contribution in [3.8, 4) is 0 Å². The molecule has 0 amide bonds. The Morgan fingerprint density at radius 2 is 1.69 bits per heavy atom. The molecule has 1 fully saturated rings. The topological polar surface area (TPSA) is 37.3 Å². The van der Waals surface area contributed by atoms with Crippen LogP contribution in [0, 0.1) is 17.5 Å². The fourth-order valence-electron chi connectivity index (χ4n) is 5.12. The number of likely N-dealkylation sites (tertiary alicyclic amines) is 1. The zero-order chi connectivity index (χ0) is 22.9. The standard InChI is InChI=1S/C26H26F3N3O.2ClH/c27-20-5-7-22(28)18(14-20)2-1-11-30-21-9-12-31(13-10-21)15-19-16-32-24(33)8-4-17-3-6-23(29)25(19)26(17)32;;/h1-8,14,19,21,30H,9-13,15-16H2;2*1H/t19-;;/m1../s1. The quantitative estimate of drug-likeness (QED) is 0.484. The fourth-order valence-corrected chi connectivity index (χ4v) is 5.12. The molecule has 5 rings (SSSR count). The smallest absolute Gasteiger partial charge is 0.251 e. The molecule has 1 atom stereocenters. The van der Waals surface area contributed by atoms with E-state index in [2.05, 4.69) is 10.2 Å². The molecule has 3 heterocycles. The summed E-state index contributed by atoms with van der Waals surface area (Å²) in [7, 11) is 0. The summed E-state index contributed by atoms with van der Waals surface area (Å²) in [6, 6.07) is 10.3. The van der Waals surface area contributed by atoms with E-state index in [9.17, 15) is 18.0 Å². The molecule has 0 spiro atoms. The van der Waals surface area contributed by atoms with Crippen molar-refractivity contribution in [1.82, 2.24) is 14.8 Å². The number of benzene rings is 2. The minimum absolute atomic E-state index is 0. The number of nitrogens with zero attached hydrogens (tertiary/aromatic N) is 2. The van der Waals surface area contributed by atoms with Crippen LogP contribution in [0.25, 0.3) is 17.0 Å². The van der Waals surface area contributed by atoms with E-state index < -0.39 is 11.6 Å². The van der Waals surface area contributed by atoms with Crippen molar-refractivity contribution in [3.05, 3.63) is 87.5 Å². The molecule has 2 aromatic carbocycles. The number of aromatic nitrogens is 1. The highest BCUT2D eigenvalue weighted by Gasteiger charge is 2.31. The Kier molecular flexibility index (Phi) is 9.05. The number of nitrogens with one attached hydrogen (secondary N) is 1. The molecule has 3 aromatic rings. The van der Waals surface area contributed by atoms with Gasteiger partial charge in [0.05, 0.1) is 5.52 Å². The molecule has 0 bridgehead atoms. The lowest BCUT2D eigenvalue weighted by atomic mass is 9.97. The number of rotatable bonds is 6. The normalized spacial score (nSPS) is 18.1. The lowest BCUT2D eigenvalue weighted by molar-refractivity contribution is 0.186. The first kappa shape index (κ1) is 27.3. The Labute approximate surface area is 214 Å². The molecule has 1 aromatic heterocycles. The van der Waals surface area contributed by atoms with E-state index >= 15 is 0 Å². The summed E-state index contributed by atoms with van der Waals surface area (Å²) >= 11 is 0. The summed E-state index contributed by atoms with van der Waals surface area (Å²) in [6.07, 6.45) is 5.31. The number of halogens is 5. The van der Waals surface area contributed by atoms with Crippen LogP contribution >= 0.6 is 24.8 Å². The SMILES string of the molecule is Cl.Cl.O=c1ccc2ccc(F)c3c2n1C[C@H]3CN1CCC(NCC=Cc2cc(F)ccc2F)CC1. The molecule has 35 heavy (non-hydrogen) atoms.